The molecule has 1 atom stereocenters. The number of esters is 1. The maximum absolute atomic E-state index is 12.3. The number of benzene rings is 1. The summed E-state index contributed by atoms with van der Waals surface area (Å²) >= 11 is 1.52. The van der Waals surface area contributed by atoms with Crippen LogP contribution in [-0.4, -0.2) is 23.9 Å². The lowest BCUT2D eigenvalue weighted by Gasteiger charge is -2.08. The number of hydrogen-bond donors (Lipinski definition) is 2. The second-order valence-electron chi connectivity index (χ2n) is 6.17. The lowest BCUT2D eigenvalue weighted by atomic mass is 10.1. The number of ether oxygens (including phenoxy) is 1. The fourth-order valence-electron chi connectivity index (χ4n) is 3.12. The van der Waals surface area contributed by atoms with Crippen molar-refractivity contribution in [3.05, 3.63) is 51.2 Å². The zero-order valence-corrected chi connectivity index (χ0v) is 14.2. The predicted octanol–water partition coefficient (Wildman–Crippen LogP) is 2.21. The molecule has 1 saturated heterocycles. The van der Waals surface area contributed by atoms with Gasteiger partial charge in [0.1, 0.15) is 16.7 Å². The highest BCUT2D eigenvalue weighted by Gasteiger charge is 2.29. The predicted molar refractivity (Wildman–Crippen MR) is 91.9 cm³/mol. The largest absolute Gasteiger partial charge is 0.422 e. The molecule has 0 saturated carbocycles. The van der Waals surface area contributed by atoms with Gasteiger partial charge >= 0.3 is 12.0 Å². The number of nitrogens with one attached hydrogen (secondary N) is 2. The van der Waals surface area contributed by atoms with Gasteiger partial charge in [-0.15, -0.1) is 11.3 Å². The summed E-state index contributed by atoms with van der Waals surface area (Å²) in [6.07, 6.45) is 3.65. The number of imide groups is 1. The van der Waals surface area contributed by atoms with Gasteiger partial charge in [0.15, 0.2) is 0 Å². The van der Waals surface area contributed by atoms with Crippen LogP contribution in [0.15, 0.2) is 30.3 Å². The van der Waals surface area contributed by atoms with E-state index in [4.69, 9.17) is 4.74 Å². The number of fused-ring (bicyclic) bond motifs is 1. The van der Waals surface area contributed by atoms with Crippen molar-refractivity contribution in [3.8, 4) is 5.75 Å². The Morgan fingerprint density at radius 1 is 1.20 bits per heavy atom. The molecule has 6 nitrogen and oxygen atoms in total. The third-order valence-electron chi connectivity index (χ3n) is 4.38. The molecule has 25 heavy (non-hydrogen) atoms. The Labute approximate surface area is 148 Å². The minimum atomic E-state index is -0.561. The second-order valence-corrected chi connectivity index (χ2v) is 7.30. The summed E-state index contributed by atoms with van der Waals surface area (Å²) in [6.45, 7) is 0. The average molecular weight is 356 g/mol. The van der Waals surface area contributed by atoms with Gasteiger partial charge in [0.2, 0.25) is 0 Å². The number of hydrogen-bond acceptors (Lipinski definition) is 5. The maximum Gasteiger partial charge on any atom is 0.353 e. The Kier molecular flexibility index (Phi) is 4.01. The van der Waals surface area contributed by atoms with E-state index in [-0.39, 0.29) is 11.9 Å². The van der Waals surface area contributed by atoms with Gasteiger partial charge in [0.25, 0.3) is 5.91 Å². The fraction of sp³-hybridized carbons (Fsp3) is 0.278. The van der Waals surface area contributed by atoms with Gasteiger partial charge in [-0.05, 0) is 48.6 Å². The topological polar surface area (TPSA) is 84.5 Å². The van der Waals surface area contributed by atoms with Crippen LogP contribution >= 0.6 is 11.3 Å². The second kappa shape index (κ2) is 6.33. The lowest BCUT2D eigenvalue weighted by Crippen LogP contribution is -2.31. The van der Waals surface area contributed by atoms with Crippen LogP contribution in [0.3, 0.4) is 0 Å². The first-order chi connectivity index (χ1) is 12.1. The molecule has 7 heteroatoms. The zero-order valence-electron chi connectivity index (χ0n) is 13.3. The third-order valence-corrected chi connectivity index (χ3v) is 5.60. The number of rotatable bonds is 4. The lowest BCUT2D eigenvalue weighted by molar-refractivity contribution is -0.120. The Hall–Kier alpha value is -2.67. The van der Waals surface area contributed by atoms with Crippen molar-refractivity contribution in [2.24, 2.45) is 0 Å². The third kappa shape index (κ3) is 3.28. The fourth-order valence-corrected chi connectivity index (χ4v) is 4.25. The molecule has 128 valence electrons. The van der Waals surface area contributed by atoms with Crippen molar-refractivity contribution in [2.75, 3.05) is 0 Å². The number of carbonyl (C=O) groups excluding carboxylic acids is 3. The van der Waals surface area contributed by atoms with E-state index in [2.05, 4.69) is 10.6 Å². The first kappa shape index (κ1) is 15.8. The molecule has 0 unspecified atom stereocenters. The van der Waals surface area contributed by atoms with E-state index in [9.17, 15) is 14.4 Å². The van der Waals surface area contributed by atoms with Crippen LogP contribution in [0.1, 0.15) is 32.1 Å². The first-order valence-corrected chi connectivity index (χ1v) is 8.94. The van der Waals surface area contributed by atoms with Crippen molar-refractivity contribution in [1.29, 1.82) is 0 Å². The van der Waals surface area contributed by atoms with Crippen LogP contribution in [0, 0.1) is 0 Å². The summed E-state index contributed by atoms with van der Waals surface area (Å²) in [5, 5.41) is 4.76. The van der Waals surface area contributed by atoms with Gasteiger partial charge < -0.3 is 10.1 Å². The molecule has 0 spiro atoms. The summed E-state index contributed by atoms with van der Waals surface area (Å²) in [5.41, 5.74) is 2.14. The molecule has 1 aromatic heterocycles. The summed E-state index contributed by atoms with van der Waals surface area (Å²) in [7, 11) is 0. The van der Waals surface area contributed by atoms with E-state index in [0.29, 0.717) is 17.0 Å². The highest BCUT2D eigenvalue weighted by atomic mass is 32.1. The number of carbonyl (C=O) groups is 3. The Balaban J connectivity index is 1.39. The summed E-state index contributed by atoms with van der Waals surface area (Å²) in [4.78, 5) is 36.9. The smallest absolute Gasteiger partial charge is 0.353 e. The van der Waals surface area contributed by atoms with Gasteiger partial charge in [-0.3, -0.25) is 10.1 Å². The SMILES string of the molecule is O=C1NC(=O)[C@H](Cc2ccc(OC(=O)c3cc4c(s3)CCC4)cc2)N1. The molecule has 2 heterocycles. The molecule has 1 aliphatic heterocycles. The van der Waals surface area contributed by atoms with Crippen molar-refractivity contribution >= 4 is 29.2 Å². The number of aryl methyl sites for hydroxylation is 2. The van der Waals surface area contributed by atoms with Gasteiger partial charge in [-0.1, -0.05) is 12.1 Å². The van der Waals surface area contributed by atoms with E-state index in [1.807, 2.05) is 6.07 Å². The number of amides is 3. The van der Waals surface area contributed by atoms with Gasteiger partial charge in [-0.25, -0.2) is 9.59 Å². The van der Waals surface area contributed by atoms with E-state index in [1.165, 1.54) is 21.8 Å². The maximum atomic E-state index is 12.3. The van der Waals surface area contributed by atoms with E-state index >= 15 is 0 Å². The number of urea groups is 1. The van der Waals surface area contributed by atoms with E-state index in [1.54, 1.807) is 24.3 Å². The van der Waals surface area contributed by atoms with Crippen LogP contribution in [0.4, 0.5) is 4.79 Å². The minimum absolute atomic E-state index is 0.328. The molecule has 1 fully saturated rings. The molecule has 4 rings (SSSR count). The van der Waals surface area contributed by atoms with Crippen LogP contribution in [0.25, 0.3) is 0 Å². The summed E-state index contributed by atoms with van der Waals surface area (Å²) in [6, 6.07) is 7.87. The zero-order chi connectivity index (χ0) is 17.4. The Morgan fingerprint density at radius 2 is 2.00 bits per heavy atom. The van der Waals surface area contributed by atoms with Gasteiger partial charge in [0, 0.05) is 11.3 Å². The molecule has 2 aliphatic rings. The van der Waals surface area contributed by atoms with Crippen LogP contribution in [0.5, 0.6) is 5.75 Å². The highest BCUT2D eigenvalue weighted by Crippen LogP contribution is 2.31. The molecule has 3 amide bonds. The first-order valence-electron chi connectivity index (χ1n) is 8.12. The van der Waals surface area contributed by atoms with E-state index < -0.39 is 12.1 Å². The molecular weight excluding hydrogens is 340 g/mol. The summed E-state index contributed by atoms with van der Waals surface area (Å²) in [5.74, 6) is -0.206. The van der Waals surface area contributed by atoms with Crippen molar-refractivity contribution in [3.63, 3.8) is 0 Å². The summed E-state index contributed by atoms with van der Waals surface area (Å²) < 4.78 is 5.42. The van der Waals surface area contributed by atoms with Gasteiger partial charge in [0.05, 0.1) is 0 Å². The highest BCUT2D eigenvalue weighted by molar-refractivity contribution is 7.14. The molecule has 1 aliphatic carbocycles. The van der Waals surface area contributed by atoms with Crippen LogP contribution in [-0.2, 0) is 24.1 Å². The number of thiophene rings is 1. The molecule has 1 aromatic carbocycles. The van der Waals surface area contributed by atoms with Crippen LogP contribution < -0.4 is 15.4 Å². The molecule has 0 radical (unpaired) electrons. The van der Waals surface area contributed by atoms with Crippen molar-refractivity contribution in [2.45, 2.75) is 31.7 Å². The molecule has 0 bridgehead atoms. The Bertz CT molecular complexity index is 835. The van der Waals surface area contributed by atoms with Crippen LogP contribution in [0.2, 0.25) is 0 Å². The molecule has 2 aromatic rings. The molecule has 2 N–H and O–H groups in total. The minimum Gasteiger partial charge on any atom is -0.422 e. The van der Waals surface area contributed by atoms with Crippen molar-refractivity contribution in [1.82, 2.24) is 10.6 Å². The monoisotopic (exact) mass is 356 g/mol. The normalized spacial score (nSPS) is 18.6. The Morgan fingerprint density at radius 3 is 2.68 bits per heavy atom. The van der Waals surface area contributed by atoms with Gasteiger partial charge in [-0.2, -0.15) is 0 Å². The quantitative estimate of drug-likeness (QED) is 0.500. The average Bonchev–Trinajstić information content (AvgIpc) is 3.24. The molecular formula is C18H16N2O4S. The van der Waals surface area contributed by atoms with Crippen molar-refractivity contribution < 1.29 is 19.1 Å². The van der Waals surface area contributed by atoms with E-state index in [0.717, 1.165) is 24.8 Å². The standard InChI is InChI=1S/C18H16N2O4S/c21-16-13(19-18(23)20-16)8-10-4-6-12(7-5-10)24-17(22)15-9-11-2-1-3-14(11)25-15/h4-7,9,13H,1-3,8H2,(H2,19,20,21,23)/t13-/m0/s1.